The second-order valence-corrected chi connectivity index (χ2v) is 15.8. The highest BCUT2D eigenvalue weighted by atomic mass is 35.5. The summed E-state index contributed by atoms with van der Waals surface area (Å²) in [5, 5.41) is 8.71. The van der Waals surface area contributed by atoms with E-state index in [2.05, 4.69) is 35.0 Å². The molecule has 0 amide bonds. The Hall–Kier alpha value is 0.210. The van der Waals surface area contributed by atoms with Crippen molar-refractivity contribution in [3.8, 4) is 0 Å². The van der Waals surface area contributed by atoms with Gasteiger partial charge in [0.25, 0.3) is 0 Å². The molecule has 0 atom stereocenters. The minimum Gasteiger partial charge on any atom is -1.00 e. The molecule has 0 radical (unpaired) electrons. The van der Waals surface area contributed by atoms with Crippen molar-refractivity contribution < 1.29 is 22.0 Å². The molecule has 0 aliphatic carbocycles. The van der Waals surface area contributed by atoms with Crippen LogP contribution in [0.1, 0.15) is 245 Å². The lowest BCUT2D eigenvalue weighted by Crippen LogP contribution is -3.00. The summed E-state index contributed by atoms with van der Waals surface area (Å²) in [7, 11) is 6.89. The van der Waals surface area contributed by atoms with Crippen molar-refractivity contribution in [2.45, 2.75) is 245 Å². The first-order chi connectivity index (χ1) is 22.0. The van der Waals surface area contributed by atoms with E-state index in [-0.39, 0.29) is 12.4 Å². The van der Waals surface area contributed by atoms with Gasteiger partial charge >= 0.3 is 0 Å². The summed E-state index contributed by atoms with van der Waals surface area (Å²) in [5.74, 6) is 0. The maximum Gasteiger partial charge on any atom is 0.0780 e. The lowest BCUT2D eigenvalue weighted by molar-refractivity contribution is -0.870. The molecule has 0 bridgehead atoms. The largest absolute Gasteiger partial charge is 1.00 e. The molecule has 46 heavy (non-hydrogen) atoms. The Bertz CT molecular complexity index is 472. The Labute approximate surface area is 300 Å². The minimum absolute atomic E-state index is 0. The zero-order chi connectivity index (χ0) is 33.4. The molecule has 0 aliphatic heterocycles. The molecule has 3 heteroatoms. The Balaban J connectivity index is -0.000000788. The molecule has 0 saturated carbocycles. The SMILES string of the molecule is CCCCCCCCCCCCCCCCCCCCCCO.CCCCCCCCCCCCCCCCCC[N+](C)(C)C.[Cl-]. The van der Waals surface area contributed by atoms with Gasteiger partial charge in [-0.05, 0) is 19.3 Å². The first-order valence-electron chi connectivity index (χ1n) is 21.4. The van der Waals surface area contributed by atoms with E-state index in [1.54, 1.807) is 0 Å². The van der Waals surface area contributed by atoms with Crippen LogP contribution >= 0.6 is 0 Å². The quantitative estimate of drug-likeness (QED) is 0.0514. The van der Waals surface area contributed by atoms with Crippen LogP contribution in [0.4, 0.5) is 0 Å². The van der Waals surface area contributed by atoms with E-state index >= 15 is 0 Å². The molecule has 0 spiro atoms. The maximum atomic E-state index is 8.71. The topological polar surface area (TPSA) is 20.2 Å². The minimum atomic E-state index is 0. The number of unbranched alkanes of at least 4 members (excludes halogenated alkanes) is 34. The van der Waals surface area contributed by atoms with E-state index in [0.29, 0.717) is 6.61 Å². The monoisotopic (exact) mass is 674 g/mol. The van der Waals surface area contributed by atoms with Crippen molar-refractivity contribution in [3.05, 3.63) is 0 Å². The summed E-state index contributed by atoms with van der Waals surface area (Å²) in [6.45, 7) is 6.30. The van der Waals surface area contributed by atoms with Crippen molar-refractivity contribution in [1.29, 1.82) is 0 Å². The van der Waals surface area contributed by atoms with Crippen LogP contribution in [0.2, 0.25) is 0 Å². The molecule has 0 aromatic carbocycles. The van der Waals surface area contributed by atoms with Crippen LogP contribution in [-0.4, -0.2) is 43.9 Å². The number of halogens is 1. The van der Waals surface area contributed by atoms with Gasteiger partial charge in [0.15, 0.2) is 0 Å². The van der Waals surface area contributed by atoms with Crippen molar-refractivity contribution >= 4 is 0 Å². The van der Waals surface area contributed by atoms with Gasteiger partial charge in [-0.3, -0.25) is 0 Å². The first-order valence-corrected chi connectivity index (χ1v) is 21.4. The fraction of sp³-hybridized carbons (Fsp3) is 1.00. The molecule has 0 fully saturated rings. The second-order valence-electron chi connectivity index (χ2n) is 15.8. The number of nitrogens with zero attached hydrogens (tertiary/aromatic N) is 1. The Morgan fingerprint density at radius 3 is 0.630 bits per heavy atom. The van der Waals surface area contributed by atoms with Crippen LogP contribution in [0.25, 0.3) is 0 Å². The van der Waals surface area contributed by atoms with Gasteiger partial charge in [-0.15, -0.1) is 0 Å². The van der Waals surface area contributed by atoms with E-state index in [4.69, 9.17) is 5.11 Å². The zero-order valence-electron chi connectivity index (χ0n) is 33.1. The first kappa shape index (κ1) is 50.6. The van der Waals surface area contributed by atoms with Gasteiger partial charge < -0.3 is 22.0 Å². The zero-order valence-corrected chi connectivity index (χ0v) is 33.9. The molecular weight excluding hydrogens is 582 g/mol. The third-order valence-electron chi connectivity index (χ3n) is 9.69. The predicted octanol–water partition coefficient (Wildman–Crippen LogP) is 11.8. The van der Waals surface area contributed by atoms with E-state index < -0.39 is 0 Å². The molecule has 0 aromatic heterocycles. The van der Waals surface area contributed by atoms with E-state index in [1.165, 1.54) is 231 Å². The van der Waals surface area contributed by atoms with Gasteiger partial charge in [-0.2, -0.15) is 0 Å². The van der Waals surface area contributed by atoms with Gasteiger partial charge in [-0.1, -0.05) is 226 Å². The van der Waals surface area contributed by atoms with Gasteiger partial charge in [0.2, 0.25) is 0 Å². The van der Waals surface area contributed by atoms with Gasteiger partial charge in [0.05, 0.1) is 27.7 Å². The predicted molar refractivity (Wildman–Crippen MR) is 208 cm³/mol. The number of aliphatic hydroxyl groups excluding tert-OH is 1. The molecule has 0 heterocycles. The Morgan fingerprint density at radius 1 is 0.283 bits per heavy atom. The third kappa shape index (κ3) is 53.7. The van der Waals surface area contributed by atoms with Crippen LogP contribution in [0.15, 0.2) is 0 Å². The Morgan fingerprint density at radius 2 is 0.457 bits per heavy atom. The fourth-order valence-electron chi connectivity index (χ4n) is 6.50. The van der Waals surface area contributed by atoms with Crippen molar-refractivity contribution in [2.75, 3.05) is 34.3 Å². The van der Waals surface area contributed by atoms with Crippen LogP contribution < -0.4 is 12.4 Å². The average Bonchev–Trinajstić information content (AvgIpc) is 3.02. The van der Waals surface area contributed by atoms with Crippen molar-refractivity contribution in [3.63, 3.8) is 0 Å². The van der Waals surface area contributed by atoms with Crippen LogP contribution in [0, 0.1) is 0 Å². The molecule has 0 aromatic rings. The van der Waals surface area contributed by atoms with Gasteiger partial charge in [0.1, 0.15) is 0 Å². The second kappa shape index (κ2) is 45.2. The molecule has 0 aliphatic rings. The summed E-state index contributed by atoms with van der Waals surface area (Å²) in [4.78, 5) is 0. The molecular formula is C43H92ClNO. The maximum absolute atomic E-state index is 8.71. The summed E-state index contributed by atoms with van der Waals surface area (Å²) >= 11 is 0. The molecule has 2 nitrogen and oxygen atoms in total. The normalized spacial score (nSPS) is 11.3. The number of aliphatic hydroxyl groups is 1. The lowest BCUT2D eigenvalue weighted by Gasteiger charge is -2.23. The summed E-state index contributed by atoms with van der Waals surface area (Å²) in [5.41, 5.74) is 0. The molecule has 282 valence electrons. The summed E-state index contributed by atoms with van der Waals surface area (Å²) < 4.78 is 1.12. The molecule has 0 saturated heterocycles. The fourth-order valence-corrected chi connectivity index (χ4v) is 6.50. The third-order valence-corrected chi connectivity index (χ3v) is 9.69. The van der Waals surface area contributed by atoms with E-state index in [1.807, 2.05) is 0 Å². The number of quaternary nitrogens is 1. The van der Waals surface area contributed by atoms with Gasteiger partial charge in [-0.25, -0.2) is 0 Å². The molecule has 0 unspecified atom stereocenters. The smallest absolute Gasteiger partial charge is 0.0780 e. The summed E-state index contributed by atoms with van der Waals surface area (Å²) in [6, 6.07) is 0. The highest BCUT2D eigenvalue weighted by Gasteiger charge is 2.05. The van der Waals surface area contributed by atoms with Crippen LogP contribution in [0.3, 0.4) is 0 Å². The van der Waals surface area contributed by atoms with Crippen molar-refractivity contribution in [1.82, 2.24) is 0 Å². The van der Waals surface area contributed by atoms with Gasteiger partial charge in [0, 0.05) is 6.61 Å². The van der Waals surface area contributed by atoms with E-state index in [9.17, 15) is 0 Å². The highest BCUT2D eigenvalue weighted by Crippen LogP contribution is 2.16. The Kier molecular flexibility index (Phi) is 49.7. The number of hydrogen-bond acceptors (Lipinski definition) is 1. The average molecular weight is 675 g/mol. The van der Waals surface area contributed by atoms with E-state index in [0.717, 1.165) is 10.9 Å². The van der Waals surface area contributed by atoms with Crippen LogP contribution in [-0.2, 0) is 0 Å². The van der Waals surface area contributed by atoms with Crippen molar-refractivity contribution in [2.24, 2.45) is 0 Å². The highest BCUT2D eigenvalue weighted by molar-refractivity contribution is 4.52. The molecule has 0 rings (SSSR count). The lowest BCUT2D eigenvalue weighted by atomic mass is 10.0. The molecule has 1 N–H and O–H groups in total. The summed E-state index contributed by atoms with van der Waals surface area (Å²) in [6.07, 6.45) is 51.5. The van der Waals surface area contributed by atoms with Crippen LogP contribution in [0.5, 0.6) is 0 Å². The number of hydrogen-bond donors (Lipinski definition) is 1. The number of rotatable bonds is 37. The standard InChI is InChI=1S/C22H46O.C21H46N.ClH/c1-2-3-4-5-6-7-8-9-10-11-12-13-14-15-16-17-18-19-20-21-22-23;1-5-6-7-8-9-10-11-12-13-14-15-16-17-18-19-20-21-22(2,3)4;/h23H,2-22H2,1H3;5-21H2,1-4H3;1H/q;+1;/p-1.